The van der Waals surface area contributed by atoms with Crippen LogP contribution in [-0.2, 0) is 10.0 Å². The predicted octanol–water partition coefficient (Wildman–Crippen LogP) is 5.03. The van der Waals surface area contributed by atoms with Crippen LogP contribution in [0.1, 0.15) is 31.0 Å². The Morgan fingerprint density at radius 1 is 0.806 bits per heavy atom. The first-order valence-electron chi connectivity index (χ1n) is 11.8. The number of anilines is 4. The van der Waals surface area contributed by atoms with Gasteiger partial charge in [0.2, 0.25) is 10.0 Å². The molecule has 0 aliphatic heterocycles. The van der Waals surface area contributed by atoms with Crippen LogP contribution in [0, 0.1) is 0 Å². The lowest BCUT2D eigenvalue weighted by Gasteiger charge is -2.22. The van der Waals surface area contributed by atoms with Crippen LogP contribution in [0.4, 0.5) is 23.0 Å². The van der Waals surface area contributed by atoms with E-state index in [1.165, 1.54) is 10.6 Å². The molecule has 4 rings (SSSR count). The molecule has 0 atom stereocenters. The summed E-state index contributed by atoms with van der Waals surface area (Å²) in [5.74, 6) is 0.915. The van der Waals surface area contributed by atoms with Crippen molar-refractivity contribution in [2.24, 2.45) is 0 Å². The lowest BCUT2D eigenvalue weighted by Crippen LogP contribution is -2.30. The molecule has 0 fully saturated rings. The van der Waals surface area contributed by atoms with Crippen LogP contribution in [0.2, 0.25) is 0 Å². The van der Waals surface area contributed by atoms with E-state index in [4.69, 9.17) is 5.73 Å². The Hall–Kier alpha value is -3.95. The van der Waals surface area contributed by atoms with E-state index in [0.29, 0.717) is 36.1 Å². The highest BCUT2D eigenvalue weighted by Gasteiger charge is 2.21. The van der Waals surface area contributed by atoms with E-state index in [9.17, 15) is 8.42 Å². The predicted molar refractivity (Wildman–Crippen MR) is 145 cm³/mol. The van der Waals surface area contributed by atoms with Gasteiger partial charge < -0.3 is 16.4 Å². The molecule has 0 amide bonds. The number of aromatic nitrogens is 2. The van der Waals surface area contributed by atoms with E-state index in [2.05, 4.69) is 44.9 Å². The largest absolute Gasteiger partial charge is 0.393 e. The molecule has 0 spiro atoms. The first-order chi connectivity index (χ1) is 17.4. The van der Waals surface area contributed by atoms with Crippen LogP contribution < -0.4 is 16.4 Å². The molecule has 0 saturated carbocycles. The van der Waals surface area contributed by atoms with Gasteiger partial charge in [-0.15, -0.1) is 0 Å². The summed E-state index contributed by atoms with van der Waals surface area (Å²) in [7, 11) is -3.53. The van der Waals surface area contributed by atoms with Gasteiger partial charge in [0.05, 0.1) is 10.9 Å². The molecule has 4 N–H and O–H groups in total. The van der Waals surface area contributed by atoms with Gasteiger partial charge in [0, 0.05) is 18.8 Å². The average Bonchev–Trinajstić information content (AvgIpc) is 2.91. The smallest absolute Gasteiger partial charge is 0.243 e. The van der Waals surface area contributed by atoms with Gasteiger partial charge in [-0.2, -0.15) is 4.31 Å². The summed E-state index contributed by atoms with van der Waals surface area (Å²) in [6.07, 6.45) is 1.44. The quantitative estimate of drug-likeness (QED) is 0.279. The minimum Gasteiger partial charge on any atom is -0.393 e. The van der Waals surface area contributed by atoms with Crippen molar-refractivity contribution in [1.29, 1.82) is 0 Å². The minimum absolute atomic E-state index is 0.165. The Labute approximate surface area is 212 Å². The summed E-state index contributed by atoms with van der Waals surface area (Å²) in [5, 5.41) is 6.64. The van der Waals surface area contributed by atoms with Gasteiger partial charge >= 0.3 is 0 Å². The summed E-state index contributed by atoms with van der Waals surface area (Å²) in [4.78, 5) is 8.92. The Balaban J connectivity index is 1.58. The molecule has 36 heavy (non-hydrogen) atoms. The monoisotopic (exact) mass is 502 g/mol. The van der Waals surface area contributed by atoms with E-state index in [1.54, 1.807) is 24.3 Å². The van der Waals surface area contributed by atoms with Crippen LogP contribution >= 0.6 is 0 Å². The van der Waals surface area contributed by atoms with E-state index in [-0.39, 0.29) is 10.9 Å². The van der Waals surface area contributed by atoms with Crippen LogP contribution in [0.3, 0.4) is 0 Å². The molecule has 9 heteroatoms. The van der Waals surface area contributed by atoms with Crippen molar-refractivity contribution >= 4 is 33.0 Å². The van der Waals surface area contributed by atoms with Gasteiger partial charge in [-0.25, -0.2) is 18.4 Å². The molecule has 0 radical (unpaired) electrons. The van der Waals surface area contributed by atoms with Crippen molar-refractivity contribution < 1.29 is 8.42 Å². The topological polar surface area (TPSA) is 113 Å². The second kappa shape index (κ2) is 11.2. The molecule has 1 aromatic heterocycles. The molecule has 186 valence electrons. The fourth-order valence-electron chi connectivity index (χ4n) is 3.96. The number of sulfonamides is 1. The number of nitrogens with one attached hydrogen (secondary N) is 2. The number of nitrogen functional groups attached to an aromatic ring is 1. The minimum atomic E-state index is -3.53. The average molecular weight is 503 g/mol. The van der Waals surface area contributed by atoms with Crippen molar-refractivity contribution in [3.8, 4) is 0 Å². The van der Waals surface area contributed by atoms with Gasteiger partial charge in [0.25, 0.3) is 0 Å². The third kappa shape index (κ3) is 5.48. The van der Waals surface area contributed by atoms with E-state index in [0.717, 1.165) is 11.1 Å². The maximum absolute atomic E-state index is 12.8. The second-order valence-corrected chi connectivity index (χ2v) is 10.1. The summed E-state index contributed by atoms with van der Waals surface area (Å²) in [6, 6.07) is 26.5. The number of hydrogen-bond acceptors (Lipinski definition) is 7. The molecule has 4 aromatic rings. The number of nitrogens with two attached hydrogens (primary N) is 1. The Kier molecular flexibility index (Phi) is 7.82. The molecule has 0 bridgehead atoms. The van der Waals surface area contributed by atoms with Crippen molar-refractivity contribution in [2.75, 3.05) is 29.5 Å². The Bertz CT molecular complexity index is 1340. The molecule has 3 aromatic carbocycles. The van der Waals surface area contributed by atoms with Crippen molar-refractivity contribution in [1.82, 2.24) is 14.3 Å². The number of benzene rings is 3. The maximum atomic E-state index is 12.8. The zero-order chi connectivity index (χ0) is 25.5. The van der Waals surface area contributed by atoms with E-state index < -0.39 is 10.0 Å². The summed E-state index contributed by atoms with van der Waals surface area (Å²) >= 11 is 0. The normalized spacial score (nSPS) is 11.6. The van der Waals surface area contributed by atoms with Gasteiger partial charge in [0.1, 0.15) is 12.0 Å². The van der Waals surface area contributed by atoms with Crippen LogP contribution in [0.15, 0.2) is 96.2 Å². The summed E-state index contributed by atoms with van der Waals surface area (Å²) in [5.41, 5.74) is 9.61. The molecule has 0 unspecified atom stereocenters. The highest BCUT2D eigenvalue weighted by atomic mass is 32.2. The van der Waals surface area contributed by atoms with Gasteiger partial charge in [0.15, 0.2) is 11.6 Å². The van der Waals surface area contributed by atoms with Crippen LogP contribution in [0.5, 0.6) is 0 Å². The highest BCUT2D eigenvalue weighted by Crippen LogP contribution is 2.32. The molecule has 0 aliphatic rings. The second-order valence-electron chi connectivity index (χ2n) is 8.12. The van der Waals surface area contributed by atoms with Crippen molar-refractivity contribution in [2.45, 2.75) is 24.8 Å². The third-order valence-corrected chi connectivity index (χ3v) is 7.96. The van der Waals surface area contributed by atoms with Gasteiger partial charge in [-0.3, -0.25) is 0 Å². The molecule has 0 aliphatic carbocycles. The number of rotatable bonds is 10. The van der Waals surface area contributed by atoms with E-state index >= 15 is 0 Å². The zero-order valence-corrected chi connectivity index (χ0v) is 21.1. The SMILES string of the molecule is CCN(CC)S(=O)(=O)c1ccc(Nc2ncnc(NC(c3ccccc3)c3ccccc3)c2N)cc1. The van der Waals surface area contributed by atoms with Crippen LogP contribution in [-0.4, -0.2) is 35.8 Å². The first-order valence-corrected chi connectivity index (χ1v) is 13.2. The van der Waals surface area contributed by atoms with E-state index in [1.807, 2.05) is 50.2 Å². The highest BCUT2D eigenvalue weighted by molar-refractivity contribution is 7.89. The summed E-state index contributed by atoms with van der Waals surface area (Å²) < 4.78 is 26.9. The number of hydrogen-bond donors (Lipinski definition) is 3. The van der Waals surface area contributed by atoms with Crippen molar-refractivity contribution in [3.05, 3.63) is 102 Å². The summed E-state index contributed by atoms with van der Waals surface area (Å²) in [6.45, 7) is 4.47. The molecule has 8 nitrogen and oxygen atoms in total. The molecule has 0 saturated heterocycles. The number of nitrogens with zero attached hydrogens (tertiary/aromatic N) is 3. The fourth-order valence-corrected chi connectivity index (χ4v) is 5.41. The Morgan fingerprint density at radius 3 is 1.86 bits per heavy atom. The lowest BCUT2D eigenvalue weighted by molar-refractivity contribution is 0.445. The molecule has 1 heterocycles. The molecular formula is C27H30N6O2S. The Morgan fingerprint density at radius 2 is 1.33 bits per heavy atom. The molecular weight excluding hydrogens is 472 g/mol. The standard InChI is InChI=1S/C27H30N6O2S/c1-3-33(4-2)36(34,35)23-17-15-22(16-18-23)31-26-24(28)27(30-19-29-26)32-25(20-11-7-5-8-12-20)21-13-9-6-10-14-21/h5-19,25H,3-4,28H2,1-2H3,(H2,29,30,31,32). The van der Waals surface area contributed by atoms with Crippen molar-refractivity contribution in [3.63, 3.8) is 0 Å². The van der Waals surface area contributed by atoms with Gasteiger partial charge in [-0.05, 0) is 35.4 Å². The fraction of sp³-hybridized carbons (Fsp3) is 0.185. The third-order valence-electron chi connectivity index (χ3n) is 5.89. The first kappa shape index (κ1) is 25.2. The van der Waals surface area contributed by atoms with Crippen LogP contribution in [0.25, 0.3) is 0 Å². The van der Waals surface area contributed by atoms with Gasteiger partial charge in [-0.1, -0.05) is 74.5 Å². The maximum Gasteiger partial charge on any atom is 0.243 e. The lowest BCUT2D eigenvalue weighted by atomic mass is 9.99. The zero-order valence-electron chi connectivity index (χ0n) is 20.3.